The van der Waals surface area contributed by atoms with Gasteiger partial charge in [0.1, 0.15) is 5.75 Å². The molecule has 0 aromatic heterocycles. The summed E-state index contributed by atoms with van der Waals surface area (Å²) in [4.78, 5) is 23.7. The quantitative estimate of drug-likeness (QED) is 0.245. The molecule has 0 bridgehead atoms. The molecule has 2 aromatic rings. The van der Waals surface area contributed by atoms with Gasteiger partial charge in [-0.3, -0.25) is 9.59 Å². The molecule has 0 amide bonds. The van der Waals surface area contributed by atoms with Crippen molar-refractivity contribution in [2.45, 2.75) is 20.8 Å². The van der Waals surface area contributed by atoms with Crippen LogP contribution < -0.4 is 4.74 Å². The summed E-state index contributed by atoms with van der Waals surface area (Å²) in [7, 11) is 0. The number of ether oxygens (including phenoxy) is 2. The van der Waals surface area contributed by atoms with E-state index in [1.807, 2.05) is 32.0 Å². The van der Waals surface area contributed by atoms with Crippen molar-refractivity contribution in [3.05, 3.63) is 71.5 Å². The van der Waals surface area contributed by atoms with Crippen LogP contribution in [0, 0.1) is 5.92 Å². The number of ketones is 1. The lowest BCUT2D eigenvalue weighted by molar-refractivity contribution is -0.131. The molecule has 0 aliphatic carbocycles. The summed E-state index contributed by atoms with van der Waals surface area (Å²) in [5, 5.41) is 0. The number of hydrogen-bond donors (Lipinski definition) is 0. The molecule has 130 valence electrons. The molecule has 2 rings (SSSR count). The van der Waals surface area contributed by atoms with Crippen LogP contribution in [0.25, 0.3) is 6.08 Å². The van der Waals surface area contributed by atoms with Gasteiger partial charge in [0.05, 0.1) is 6.61 Å². The number of benzene rings is 2. The van der Waals surface area contributed by atoms with Gasteiger partial charge in [0.2, 0.25) is 5.78 Å². The minimum absolute atomic E-state index is 0.162. The Morgan fingerprint density at radius 2 is 1.64 bits per heavy atom. The average molecular weight is 338 g/mol. The van der Waals surface area contributed by atoms with E-state index in [0.717, 1.165) is 5.56 Å². The first-order valence-electron chi connectivity index (χ1n) is 8.18. The summed E-state index contributed by atoms with van der Waals surface area (Å²) in [5.74, 6) is 0.524. The van der Waals surface area contributed by atoms with Crippen LogP contribution in [-0.4, -0.2) is 18.4 Å². The average Bonchev–Trinajstić information content (AvgIpc) is 2.59. The predicted octanol–water partition coefficient (Wildman–Crippen LogP) is 4.51. The van der Waals surface area contributed by atoms with Gasteiger partial charge in [-0.15, -0.1) is 0 Å². The minimum Gasteiger partial charge on any atom is -0.489 e. The Labute approximate surface area is 148 Å². The number of Topliss-reactive ketones (excluding diaryl/α,β-unsaturated/α-hetero) is 1. The Bertz CT molecular complexity index is 743. The van der Waals surface area contributed by atoms with Crippen molar-refractivity contribution < 1.29 is 19.1 Å². The van der Waals surface area contributed by atoms with E-state index in [9.17, 15) is 9.59 Å². The summed E-state index contributed by atoms with van der Waals surface area (Å²) < 4.78 is 10.8. The molecule has 0 radical (unpaired) electrons. The highest BCUT2D eigenvalue weighted by atomic mass is 16.5. The van der Waals surface area contributed by atoms with Gasteiger partial charge in [0, 0.05) is 12.5 Å². The first-order chi connectivity index (χ1) is 12.0. The second-order valence-electron chi connectivity index (χ2n) is 6.07. The fourth-order valence-corrected chi connectivity index (χ4v) is 2.11. The van der Waals surface area contributed by atoms with Crippen molar-refractivity contribution in [3.8, 4) is 5.75 Å². The highest BCUT2D eigenvalue weighted by Crippen LogP contribution is 2.18. The zero-order valence-corrected chi connectivity index (χ0v) is 14.7. The minimum atomic E-state index is -0.372. The van der Waals surface area contributed by atoms with Crippen molar-refractivity contribution in [1.82, 2.24) is 0 Å². The monoisotopic (exact) mass is 338 g/mol. The third-order valence-electron chi connectivity index (χ3n) is 3.27. The topological polar surface area (TPSA) is 52.6 Å². The predicted molar refractivity (Wildman–Crippen MR) is 97.3 cm³/mol. The van der Waals surface area contributed by atoms with Crippen LogP contribution in [0.3, 0.4) is 0 Å². The van der Waals surface area contributed by atoms with Gasteiger partial charge < -0.3 is 9.47 Å². The van der Waals surface area contributed by atoms with Crippen LogP contribution in [0.15, 0.2) is 60.4 Å². The van der Waals surface area contributed by atoms with E-state index >= 15 is 0 Å². The van der Waals surface area contributed by atoms with Gasteiger partial charge in [-0.25, -0.2) is 0 Å². The molecule has 2 aromatic carbocycles. The second kappa shape index (κ2) is 8.83. The number of allylic oxidation sites excluding steroid dienone is 1. The SMILES string of the molecule is CC(=O)Oc1ccc(/C=C(/OCC(C)C)C(=O)c2ccccc2)cc1. The fraction of sp³-hybridized carbons (Fsp3) is 0.238. The maximum atomic E-state index is 12.7. The van der Waals surface area contributed by atoms with E-state index in [2.05, 4.69) is 0 Å². The molecule has 0 fully saturated rings. The lowest BCUT2D eigenvalue weighted by atomic mass is 10.1. The maximum absolute atomic E-state index is 12.7. The van der Waals surface area contributed by atoms with Gasteiger partial charge in [-0.05, 0) is 29.7 Å². The number of rotatable bonds is 7. The van der Waals surface area contributed by atoms with Gasteiger partial charge in [-0.1, -0.05) is 56.3 Å². The van der Waals surface area contributed by atoms with Crippen molar-refractivity contribution in [2.24, 2.45) is 5.92 Å². The molecular weight excluding hydrogens is 316 g/mol. The van der Waals surface area contributed by atoms with Crippen LogP contribution in [-0.2, 0) is 9.53 Å². The van der Waals surface area contributed by atoms with Crippen molar-refractivity contribution in [3.63, 3.8) is 0 Å². The first-order valence-corrected chi connectivity index (χ1v) is 8.18. The van der Waals surface area contributed by atoms with E-state index in [0.29, 0.717) is 29.6 Å². The Hall–Kier alpha value is -2.88. The summed E-state index contributed by atoms with van der Waals surface area (Å²) in [6.07, 6.45) is 1.70. The number of hydrogen-bond acceptors (Lipinski definition) is 4. The smallest absolute Gasteiger partial charge is 0.308 e. The van der Waals surface area contributed by atoms with Crippen LogP contribution >= 0.6 is 0 Å². The first kappa shape index (κ1) is 18.5. The van der Waals surface area contributed by atoms with Gasteiger partial charge in [-0.2, -0.15) is 0 Å². The summed E-state index contributed by atoms with van der Waals surface area (Å²) >= 11 is 0. The van der Waals surface area contributed by atoms with Crippen molar-refractivity contribution in [2.75, 3.05) is 6.61 Å². The molecular formula is C21H22O4. The van der Waals surface area contributed by atoms with E-state index in [1.165, 1.54) is 6.92 Å². The lowest BCUT2D eigenvalue weighted by Gasteiger charge is -2.12. The van der Waals surface area contributed by atoms with Gasteiger partial charge in [0.15, 0.2) is 5.76 Å². The number of carbonyl (C=O) groups excluding carboxylic acids is 2. The van der Waals surface area contributed by atoms with E-state index in [4.69, 9.17) is 9.47 Å². The third kappa shape index (κ3) is 5.92. The fourth-order valence-electron chi connectivity index (χ4n) is 2.11. The van der Waals surface area contributed by atoms with Gasteiger partial charge in [0.25, 0.3) is 0 Å². The van der Waals surface area contributed by atoms with E-state index in [1.54, 1.807) is 42.5 Å². The lowest BCUT2D eigenvalue weighted by Crippen LogP contribution is -2.10. The van der Waals surface area contributed by atoms with E-state index < -0.39 is 0 Å². The molecule has 4 heteroatoms. The Balaban J connectivity index is 2.26. The highest BCUT2D eigenvalue weighted by Gasteiger charge is 2.14. The largest absolute Gasteiger partial charge is 0.489 e. The van der Waals surface area contributed by atoms with E-state index in [-0.39, 0.29) is 11.8 Å². The second-order valence-corrected chi connectivity index (χ2v) is 6.07. The Kier molecular flexibility index (Phi) is 6.52. The third-order valence-corrected chi connectivity index (χ3v) is 3.27. The highest BCUT2D eigenvalue weighted by molar-refractivity contribution is 6.09. The van der Waals surface area contributed by atoms with Crippen molar-refractivity contribution in [1.29, 1.82) is 0 Å². The van der Waals surface area contributed by atoms with Crippen LogP contribution in [0.2, 0.25) is 0 Å². The summed E-state index contributed by atoms with van der Waals surface area (Å²) in [5.41, 5.74) is 1.37. The molecule has 0 atom stereocenters. The number of esters is 1. The van der Waals surface area contributed by atoms with Gasteiger partial charge >= 0.3 is 5.97 Å². The molecule has 0 heterocycles. The zero-order valence-electron chi connectivity index (χ0n) is 14.7. The molecule has 0 aliphatic heterocycles. The standard InChI is InChI=1S/C21H22O4/c1-15(2)14-24-20(21(23)18-7-5-4-6-8-18)13-17-9-11-19(12-10-17)25-16(3)22/h4-13,15H,14H2,1-3H3/b20-13+. The molecule has 0 saturated carbocycles. The number of carbonyl (C=O) groups is 2. The van der Waals surface area contributed by atoms with Crippen molar-refractivity contribution >= 4 is 17.8 Å². The Morgan fingerprint density at radius 3 is 2.20 bits per heavy atom. The molecule has 0 aliphatic rings. The summed E-state index contributed by atoms with van der Waals surface area (Å²) in [6.45, 7) is 5.86. The molecule has 4 nitrogen and oxygen atoms in total. The molecule has 0 N–H and O–H groups in total. The maximum Gasteiger partial charge on any atom is 0.308 e. The van der Waals surface area contributed by atoms with Crippen LogP contribution in [0.1, 0.15) is 36.7 Å². The molecule has 25 heavy (non-hydrogen) atoms. The normalized spacial score (nSPS) is 11.3. The molecule has 0 saturated heterocycles. The Morgan fingerprint density at radius 1 is 1.00 bits per heavy atom. The molecule has 0 unspecified atom stereocenters. The molecule has 0 spiro atoms. The zero-order chi connectivity index (χ0) is 18.2. The summed E-state index contributed by atoms with van der Waals surface area (Å²) in [6, 6.07) is 15.9. The van der Waals surface area contributed by atoms with Crippen LogP contribution in [0.4, 0.5) is 0 Å². The van der Waals surface area contributed by atoms with Crippen LogP contribution in [0.5, 0.6) is 5.75 Å².